The highest BCUT2D eigenvalue weighted by Crippen LogP contribution is 2.61. The minimum Gasteiger partial charge on any atom is -0.480 e. The molecule has 2 aromatic carbocycles. The predicted molar refractivity (Wildman–Crippen MR) is 337 cm³/mol. The maximum absolute atomic E-state index is 14.7. The van der Waals surface area contributed by atoms with Crippen molar-refractivity contribution < 1.29 is 66.5 Å². The number of carbonyl (C=O) groups excluding carboxylic acids is 6. The Morgan fingerprint density at radius 1 is 0.500 bits per heavy atom. The van der Waals surface area contributed by atoms with E-state index in [-0.39, 0.29) is 75.2 Å². The molecule has 0 aromatic heterocycles. The van der Waals surface area contributed by atoms with Gasteiger partial charge in [0.25, 0.3) is 0 Å². The molecule has 0 saturated carbocycles. The van der Waals surface area contributed by atoms with Crippen LogP contribution in [0.5, 0.6) is 0 Å². The Bertz CT molecular complexity index is 2430. The van der Waals surface area contributed by atoms with Crippen molar-refractivity contribution in [3.63, 3.8) is 0 Å². The lowest BCUT2D eigenvalue weighted by Crippen LogP contribution is -2.48. The summed E-state index contributed by atoms with van der Waals surface area (Å²) in [7, 11) is -3.55. The summed E-state index contributed by atoms with van der Waals surface area (Å²) in [5, 5.41) is 23.5. The van der Waals surface area contributed by atoms with E-state index >= 15 is 0 Å². The molecule has 1 aliphatic rings. The Balaban J connectivity index is 1.48. The number of hydrogen-bond acceptors (Lipinski definition) is 13. The summed E-state index contributed by atoms with van der Waals surface area (Å²) >= 11 is 0. The highest BCUT2D eigenvalue weighted by molar-refractivity contribution is 7.54. The van der Waals surface area contributed by atoms with Crippen molar-refractivity contribution >= 4 is 49.4 Å². The van der Waals surface area contributed by atoms with E-state index in [9.17, 15) is 43.2 Å². The van der Waals surface area contributed by atoms with E-state index in [1.165, 1.54) is 32.1 Å². The van der Waals surface area contributed by atoms with Crippen molar-refractivity contribution in [1.29, 1.82) is 0 Å². The molecule has 1 aliphatic carbocycles. The normalized spacial score (nSPS) is 14.2. The van der Waals surface area contributed by atoms with E-state index in [0.717, 1.165) is 47.9 Å². The van der Waals surface area contributed by atoms with Gasteiger partial charge in [-0.05, 0) is 170 Å². The monoisotopic (exact) mass is 1230 g/mol. The number of hydrogen-bond donors (Lipinski definition) is 6. The average Bonchev–Trinajstić information content (AvgIpc) is 1.70. The van der Waals surface area contributed by atoms with Crippen LogP contribution < -0.4 is 26.6 Å². The maximum Gasteiger partial charge on any atom is 0.408 e. The highest BCUT2D eigenvalue weighted by Gasteiger charge is 2.42. The van der Waals surface area contributed by atoms with Crippen molar-refractivity contribution in [1.82, 2.24) is 26.6 Å². The topological polar surface area (TPSA) is 263 Å². The number of unbranched alkanes of at least 4 members (excludes halogenated alkanes) is 11. The summed E-state index contributed by atoms with van der Waals surface area (Å²) in [6, 6.07) is 12.5. The van der Waals surface area contributed by atoms with Crippen LogP contribution in [0.3, 0.4) is 0 Å². The molecular weight excluding hydrogens is 1120 g/mol. The van der Waals surface area contributed by atoms with Crippen LogP contribution in [-0.2, 0) is 51.8 Å². The van der Waals surface area contributed by atoms with Gasteiger partial charge in [0, 0.05) is 31.8 Å². The van der Waals surface area contributed by atoms with E-state index in [1.54, 1.807) is 41.5 Å². The number of nitrogens with one attached hydrogen (secondary N) is 5. The Morgan fingerprint density at radius 2 is 0.977 bits per heavy atom. The SMILES string of the molecule is CCCCCCCCCCC(CCCCCC(=O)N[C@@H](CCC(=O)NCCCC[C@H](NC(=O)OC(C)(C)C)C(=O)NCCCC[C@H](NC(=O)OCC1c2ccccc2-c2ccccc21)C(=O)O)C(=O)OC(C)(C)C)P(=O)(OC(C)(C)C)OC(C)(C)C. The zero-order chi connectivity index (χ0) is 64.1. The zero-order valence-corrected chi connectivity index (χ0v) is 55.3. The Labute approximate surface area is 514 Å². The molecule has 3 rings (SSSR count). The van der Waals surface area contributed by atoms with Gasteiger partial charge in [0.15, 0.2) is 0 Å². The Morgan fingerprint density at radius 3 is 1.50 bits per heavy atom. The first kappa shape index (κ1) is 74.7. The van der Waals surface area contributed by atoms with Crippen LogP contribution in [0.15, 0.2) is 48.5 Å². The molecular formula is C66H108N5O14P. The molecule has 6 N–H and O–H groups in total. The minimum atomic E-state index is -3.55. The van der Waals surface area contributed by atoms with E-state index in [2.05, 4.69) is 33.5 Å². The van der Waals surface area contributed by atoms with Gasteiger partial charge in [-0.25, -0.2) is 19.2 Å². The van der Waals surface area contributed by atoms with Crippen molar-refractivity contribution in [3.8, 4) is 11.1 Å². The standard InChI is InChI=1S/C66H108N5O14P/c1-14-15-16-17-18-19-20-22-33-47(86(80,84-65(8,9)10)85-66(11,12)13)34-23-21-24-41-57(73)69-55(60(77)82-63(2,3)4)42-43-56(72)67-44-31-29-39-53(70-62(79)83-64(5,6)7)58(74)68-45-32-30-40-54(59(75)76)71-61(78)81-46-52-50-37-27-25-35-48(50)49-36-26-28-38-51(49)52/h25-28,35-38,47,52-55H,14-24,29-34,39-46H2,1-13H3,(H,67,72)(H,68,74)(H,69,73)(H,70,79)(H,71,78)(H,75,76)/t47?,53-,54-,55-/m0/s1. The van der Waals surface area contributed by atoms with E-state index in [1.807, 2.05) is 90.1 Å². The molecule has 0 saturated heterocycles. The van der Waals surface area contributed by atoms with Gasteiger partial charge in [-0.2, -0.15) is 0 Å². The number of carboxylic acids is 1. The molecule has 86 heavy (non-hydrogen) atoms. The van der Waals surface area contributed by atoms with Crippen LogP contribution >= 0.6 is 7.60 Å². The number of carboxylic acid groups (broad SMARTS) is 1. The number of esters is 1. The average molecular weight is 1230 g/mol. The van der Waals surface area contributed by atoms with E-state index < -0.39 is 78.2 Å². The first-order valence-corrected chi connectivity index (χ1v) is 33.3. The smallest absolute Gasteiger partial charge is 0.408 e. The summed E-state index contributed by atoms with van der Waals surface area (Å²) in [5.41, 5.74) is 0.888. The number of carbonyl (C=O) groups is 7. The number of aliphatic carboxylic acids is 1. The molecule has 0 radical (unpaired) electrons. The van der Waals surface area contributed by atoms with Gasteiger partial charge in [0.2, 0.25) is 17.7 Å². The number of rotatable bonds is 39. The number of benzene rings is 2. The second-order valence-corrected chi connectivity index (χ2v) is 29.0. The van der Waals surface area contributed by atoms with Crippen molar-refractivity contribution in [2.45, 2.75) is 283 Å². The number of alkyl carbamates (subject to hydrolysis) is 2. The lowest BCUT2D eigenvalue weighted by Gasteiger charge is -2.36. The lowest BCUT2D eigenvalue weighted by atomic mass is 9.98. The largest absolute Gasteiger partial charge is 0.480 e. The third-order valence-corrected chi connectivity index (χ3v) is 17.2. The molecule has 5 amide bonds. The van der Waals surface area contributed by atoms with Gasteiger partial charge >= 0.3 is 31.7 Å². The van der Waals surface area contributed by atoms with Gasteiger partial charge in [0.05, 0.1) is 16.9 Å². The first-order chi connectivity index (χ1) is 40.3. The van der Waals surface area contributed by atoms with Crippen LogP contribution in [0.1, 0.15) is 248 Å². The third kappa shape index (κ3) is 30.4. The fraction of sp³-hybridized carbons (Fsp3) is 0.712. The molecule has 20 heteroatoms. The molecule has 0 bridgehead atoms. The fourth-order valence-electron chi connectivity index (χ4n) is 10.3. The molecule has 2 aromatic rings. The lowest BCUT2D eigenvalue weighted by molar-refractivity contribution is -0.159. The highest BCUT2D eigenvalue weighted by atomic mass is 31.2. The summed E-state index contributed by atoms with van der Waals surface area (Å²) in [4.78, 5) is 91.2. The van der Waals surface area contributed by atoms with Crippen LogP contribution in [0.2, 0.25) is 0 Å². The molecule has 4 atom stereocenters. The predicted octanol–water partition coefficient (Wildman–Crippen LogP) is 13.7. The van der Waals surface area contributed by atoms with Crippen LogP contribution in [0.4, 0.5) is 9.59 Å². The Hall–Kier alpha value is -5.52. The molecule has 0 heterocycles. The fourth-order valence-corrected chi connectivity index (χ4v) is 13.1. The molecule has 0 aliphatic heterocycles. The molecule has 1 unspecified atom stereocenters. The van der Waals surface area contributed by atoms with Gasteiger partial charge in [0.1, 0.15) is 35.9 Å². The van der Waals surface area contributed by atoms with E-state index in [4.69, 9.17) is 23.3 Å². The van der Waals surface area contributed by atoms with Gasteiger partial charge < -0.3 is 54.9 Å². The third-order valence-electron chi connectivity index (χ3n) is 14.2. The Kier molecular flexibility index (Phi) is 31.9. The molecule has 19 nitrogen and oxygen atoms in total. The summed E-state index contributed by atoms with van der Waals surface area (Å²) in [6.45, 7) is 24.3. The molecule has 0 spiro atoms. The van der Waals surface area contributed by atoms with Gasteiger partial charge in [-0.1, -0.05) is 120 Å². The second kappa shape index (κ2) is 36.7. The van der Waals surface area contributed by atoms with Crippen LogP contribution in [-0.4, -0.2) is 113 Å². The van der Waals surface area contributed by atoms with Crippen LogP contribution in [0, 0.1) is 0 Å². The van der Waals surface area contributed by atoms with Crippen LogP contribution in [0.25, 0.3) is 11.1 Å². The second-order valence-electron chi connectivity index (χ2n) is 26.8. The first-order valence-electron chi connectivity index (χ1n) is 31.7. The maximum atomic E-state index is 14.7. The molecule has 0 fully saturated rings. The number of amides is 5. The summed E-state index contributed by atoms with van der Waals surface area (Å²) < 4.78 is 43.9. The number of fused-ring (bicyclic) bond motifs is 3. The summed E-state index contributed by atoms with van der Waals surface area (Å²) in [5.74, 6) is -3.22. The van der Waals surface area contributed by atoms with Gasteiger partial charge in [-0.15, -0.1) is 0 Å². The summed E-state index contributed by atoms with van der Waals surface area (Å²) in [6.07, 6.45) is 12.8. The minimum absolute atomic E-state index is 0.00213. The quantitative estimate of drug-likeness (QED) is 0.0157. The van der Waals surface area contributed by atoms with E-state index in [0.29, 0.717) is 51.4 Å². The molecule has 486 valence electrons. The van der Waals surface area contributed by atoms with Crippen molar-refractivity contribution in [3.05, 3.63) is 59.7 Å². The van der Waals surface area contributed by atoms with Gasteiger partial charge in [-0.3, -0.25) is 18.9 Å². The number of ether oxygens (including phenoxy) is 3. The van der Waals surface area contributed by atoms with Crippen molar-refractivity contribution in [2.24, 2.45) is 0 Å². The zero-order valence-electron chi connectivity index (χ0n) is 54.4. The van der Waals surface area contributed by atoms with Crippen molar-refractivity contribution in [2.75, 3.05) is 19.7 Å².